The van der Waals surface area contributed by atoms with Gasteiger partial charge in [-0.25, -0.2) is 4.79 Å². The summed E-state index contributed by atoms with van der Waals surface area (Å²) in [4.78, 5) is 13.9. The van der Waals surface area contributed by atoms with Crippen LogP contribution in [0.5, 0.6) is 5.75 Å². The third-order valence-electron chi connectivity index (χ3n) is 3.62. The van der Waals surface area contributed by atoms with Crippen LogP contribution in [0.2, 0.25) is 5.02 Å². The minimum absolute atomic E-state index is 0.0100. The monoisotopic (exact) mass is 310 g/mol. The number of halogens is 1. The Morgan fingerprint density at radius 3 is 2.71 bits per heavy atom. The number of carbonyl (C=O) groups excluding carboxylic acids is 1. The summed E-state index contributed by atoms with van der Waals surface area (Å²) in [6, 6.07) is 5.67. The van der Waals surface area contributed by atoms with E-state index in [0.29, 0.717) is 23.9 Å². The summed E-state index contributed by atoms with van der Waals surface area (Å²) in [5.74, 6) is 0.667. The van der Waals surface area contributed by atoms with Gasteiger partial charge in [-0.1, -0.05) is 30.5 Å². The molecular formula is C16H23ClN2O2. The number of nitrogens with zero attached hydrogens (tertiary/aromatic N) is 1. The smallest absolute Gasteiger partial charge is 0.317 e. The van der Waals surface area contributed by atoms with Gasteiger partial charge in [0.1, 0.15) is 12.4 Å². The van der Waals surface area contributed by atoms with E-state index in [4.69, 9.17) is 16.3 Å². The van der Waals surface area contributed by atoms with E-state index in [1.807, 2.05) is 30.0 Å². The molecule has 0 unspecified atom stereocenters. The molecule has 0 bridgehead atoms. The highest BCUT2D eigenvalue weighted by Gasteiger charge is 2.14. The van der Waals surface area contributed by atoms with E-state index in [2.05, 4.69) is 5.32 Å². The van der Waals surface area contributed by atoms with Gasteiger partial charge in [0.2, 0.25) is 0 Å². The first kappa shape index (κ1) is 16.0. The molecule has 0 radical (unpaired) electrons. The lowest BCUT2D eigenvalue weighted by Crippen LogP contribution is -2.41. The van der Waals surface area contributed by atoms with E-state index in [1.54, 1.807) is 0 Å². The average Bonchev–Trinajstić information content (AvgIpc) is 2.76. The lowest BCUT2D eigenvalue weighted by Gasteiger charge is -2.20. The van der Waals surface area contributed by atoms with Crippen LogP contribution in [-0.4, -0.2) is 37.2 Å². The number of nitrogens with one attached hydrogen (secondary N) is 1. The molecule has 0 spiro atoms. The minimum Gasteiger partial charge on any atom is -0.490 e. The first-order valence-electron chi connectivity index (χ1n) is 7.58. The molecule has 4 nitrogen and oxygen atoms in total. The predicted molar refractivity (Wildman–Crippen MR) is 85.1 cm³/mol. The van der Waals surface area contributed by atoms with Gasteiger partial charge >= 0.3 is 6.03 Å². The summed E-state index contributed by atoms with van der Waals surface area (Å²) in [6.07, 6.45) is 4.64. The van der Waals surface area contributed by atoms with Gasteiger partial charge in [0.25, 0.3) is 0 Å². The van der Waals surface area contributed by atoms with Crippen molar-refractivity contribution < 1.29 is 9.53 Å². The Balaban J connectivity index is 1.71. The van der Waals surface area contributed by atoms with Crippen LogP contribution >= 0.6 is 11.6 Å². The largest absolute Gasteiger partial charge is 0.490 e. The summed E-state index contributed by atoms with van der Waals surface area (Å²) in [5.41, 5.74) is 1.10. The molecule has 5 heteroatoms. The average molecular weight is 311 g/mol. The number of urea groups is 1. The van der Waals surface area contributed by atoms with E-state index >= 15 is 0 Å². The van der Waals surface area contributed by atoms with E-state index in [9.17, 15) is 4.79 Å². The Hall–Kier alpha value is -1.42. The molecule has 116 valence electrons. The third kappa shape index (κ3) is 5.12. The molecular weight excluding hydrogens is 288 g/mol. The lowest BCUT2D eigenvalue weighted by molar-refractivity contribution is 0.196. The highest BCUT2D eigenvalue weighted by Crippen LogP contribution is 2.24. The molecule has 1 aromatic carbocycles. The predicted octanol–water partition coefficient (Wildman–Crippen LogP) is 3.61. The molecule has 1 fully saturated rings. The first-order chi connectivity index (χ1) is 10.2. The normalized spacial score (nSPS) is 15.4. The van der Waals surface area contributed by atoms with Crippen LogP contribution < -0.4 is 10.1 Å². The molecule has 0 atom stereocenters. The highest BCUT2D eigenvalue weighted by molar-refractivity contribution is 6.32. The summed E-state index contributed by atoms with van der Waals surface area (Å²) < 4.78 is 5.61. The molecule has 1 aromatic rings. The van der Waals surface area contributed by atoms with Crippen molar-refractivity contribution in [2.45, 2.75) is 32.6 Å². The molecule has 2 amide bonds. The molecule has 0 saturated carbocycles. The maximum absolute atomic E-state index is 12.0. The SMILES string of the molecule is Cc1ccc(Cl)c(OCCNC(=O)N2CCCCCC2)c1. The minimum atomic E-state index is 0.0100. The van der Waals surface area contributed by atoms with Gasteiger partial charge in [-0.15, -0.1) is 0 Å². The second kappa shape index (κ2) is 8.13. The molecule has 1 saturated heterocycles. The van der Waals surface area contributed by atoms with Crippen LogP contribution in [0.15, 0.2) is 18.2 Å². The molecule has 0 aromatic heterocycles. The zero-order valence-electron chi connectivity index (χ0n) is 12.5. The van der Waals surface area contributed by atoms with Gasteiger partial charge in [0.05, 0.1) is 11.6 Å². The van der Waals surface area contributed by atoms with Crippen molar-refractivity contribution in [1.82, 2.24) is 10.2 Å². The van der Waals surface area contributed by atoms with Crippen LogP contribution in [0.1, 0.15) is 31.2 Å². The Kier molecular flexibility index (Phi) is 6.18. The Labute approximate surface area is 131 Å². The van der Waals surface area contributed by atoms with Crippen LogP contribution in [-0.2, 0) is 0 Å². The van der Waals surface area contributed by atoms with E-state index < -0.39 is 0 Å². The van der Waals surface area contributed by atoms with Crippen molar-refractivity contribution in [3.8, 4) is 5.75 Å². The Bertz CT molecular complexity index is 471. The van der Waals surface area contributed by atoms with Gasteiger partial charge < -0.3 is 15.0 Å². The summed E-state index contributed by atoms with van der Waals surface area (Å²) in [7, 11) is 0. The number of likely N-dealkylation sites (tertiary alicyclic amines) is 1. The second-order valence-electron chi connectivity index (χ2n) is 5.42. The number of hydrogen-bond donors (Lipinski definition) is 1. The van der Waals surface area contributed by atoms with Crippen molar-refractivity contribution in [1.29, 1.82) is 0 Å². The molecule has 1 aliphatic heterocycles. The maximum Gasteiger partial charge on any atom is 0.317 e. The van der Waals surface area contributed by atoms with Crippen LogP contribution in [0.4, 0.5) is 4.79 Å². The van der Waals surface area contributed by atoms with Gasteiger partial charge in [-0.05, 0) is 37.5 Å². The Morgan fingerprint density at radius 1 is 1.29 bits per heavy atom. The fourth-order valence-corrected chi connectivity index (χ4v) is 2.60. The van der Waals surface area contributed by atoms with Gasteiger partial charge in [-0.2, -0.15) is 0 Å². The quantitative estimate of drug-likeness (QED) is 0.863. The van der Waals surface area contributed by atoms with Crippen molar-refractivity contribution in [2.24, 2.45) is 0 Å². The fraction of sp³-hybridized carbons (Fsp3) is 0.562. The number of ether oxygens (including phenoxy) is 1. The molecule has 21 heavy (non-hydrogen) atoms. The third-order valence-corrected chi connectivity index (χ3v) is 3.93. The van der Waals surface area contributed by atoms with Gasteiger partial charge in [0, 0.05) is 13.1 Å². The zero-order valence-corrected chi connectivity index (χ0v) is 13.3. The van der Waals surface area contributed by atoms with Crippen LogP contribution in [0.3, 0.4) is 0 Å². The first-order valence-corrected chi connectivity index (χ1v) is 7.96. The van der Waals surface area contributed by atoms with Crippen LogP contribution in [0.25, 0.3) is 0 Å². The van der Waals surface area contributed by atoms with Crippen molar-refractivity contribution in [3.63, 3.8) is 0 Å². The molecule has 1 aliphatic rings. The molecule has 1 N–H and O–H groups in total. The molecule has 0 aliphatic carbocycles. The van der Waals surface area contributed by atoms with Crippen LogP contribution in [0, 0.1) is 6.92 Å². The number of amides is 2. The topological polar surface area (TPSA) is 41.6 Å². The lowest BCUT2D eigenvalue weighted by atomic mass is 10.2. The summed E-state index contributed by atoms with van der Waals surface area (Å²) >= 11 is 6.06. The van der Waals surface area contributed by atoms with Crippen molar-refractivity contribution in [2.75, 3.05) is 26.2 Å². The standard InChI is InChI=1S/C16H23ClN2O2/c1-13-6-7-14(17)15(12-13)21-11-8-18-16(20)19-9-4-2-3-5-10-19/h6-7,12H,2-5,8-11H2,1H3,(H,18,20). The second-order valence-corrected chi connectivity index (χ2v) is 5.82. The van der Waals surface area contributed by atoms with Crippen molar-refractivity contribution >= 4 is 17.6 Å². The number of benzene rings is 1. The van der Waals surface area contributed by atoms with Gasteiger partial charge in [0.15, 0.2) is 0 Å². The number of rotatable bonds is 4. The summed E-state index contributed by atoms with van der Waals surface area (Å²) in [5, 5.41) is 3.50. The molecule has 1 heterocycles. The van der Waals surface area contributed by atoms with E-state index in [0.717, 1.165) is 31.5 Å². The number of carbonyl (C=O) groups is 1. The Morgan fingerprint density at radius 2 is 2.00 bits per heavy atom. The number of aryl methyl sites for hydroxylation is 1. The maximum atomic E-state index is 12.0. The highest BCUT2D eigenvalue weighted by atomic mass is 35.5. The number of hydrogen-bond acceptors (Lipinski definition) is 2. The molecule has 2 rings (SSSR count). The van der Waals surface area contributed by atoms with E-state index in [1.165, 1.54) is 12.8 Å². The summed E-state index contributed by atoms with van der Waals surface area (Å²) in [6.45, 7) is 4.61. The fourth-order valence-electron chi connectivity index (χ4n) is 2.43. The van der Waals surface area contributed by atoms with Gasteiger partial charge in [-0.3, -0.25) is 0 Å². The zero-order chi connectivity index (χ0) is 15.1. The van der Waals surface area contributed by atoms with E-state index in [-0.39, 0.29) is 6.03 Å². The van der Waals surface area contributed by atoms with Crippen molar-refractivity contribution in [3.05, 3.63) is 28.8 Å².